The van der Waals surface area contributed by atoms with Gasteiger partial charge in [0.25, 0.3) is 5.91 Å². The number of pyridine rings is 1. The number of hydrogen-bond donors (Lipinski definition) is 1. The number of nitrogens with zero attached hydrogens (tertiary/aromatic N) is 4. The average molecular weight is 363 g/mol. The van der Waals surface area contributed by atoms with Crippen LogP contribution in [-0.4, -0.2) is 47.2 Å². The summed E-state index contributed by atoms with van der Waals surface area (Å²) in [6, 6.07) is 11.6. The van der Waals surface area contributed by atoms with Crippen LogP contribution in [0.4, 0.5) is 5.82 Å². The summed E-state index contributed by atoms with van der Waals surface area (Å²) >= 11 is 0. The van der Waals surface area contributed by atoms with Gasteiger partial charge in [0.2, 0.25) is 0 Å². The fraction of sp³-hybridized carbons (Fsp3) is 0.300. The Balaban J connectivity index is 1.51. The molecule has 1 aromatic carbocycles. The summed E-state index contributed by atoms with van der Waals surface area (Å²) in [5.74, 6) is 1.23. The predicted octanol–water partition coefficient (Wildman–Crippen LogP) is 2.10. The zero-order chi connectivity index (χ0) is 18.6. The summed E-state index contributed by atoms with van der Waals surface area (Å²) in [4.78, 5) is 28.1. The van der Waals surface area contributed by atoms with Crippen LogP contribution in [0.15, 0.2) is 42.6 Å². The summed E-state index contributed by atoms with van der Waals surface area (Å²) in [6.07, 6.45) is 1.65. The van der Waals surface area contributed by atoms with E-state index in [0.29, 0.717) is 24.7 Å². The quantitative estimate of drug-likeness (QED) is 0.765. The van der Waals surface area contributed by atoms with Gasteiger partial charge in [-0.25, -0.2) is 9.97 Å². The minimum atomic E-state index is -0.232. The Morgan fingerprint density at radius 3 is 2.85 bits per heavy atom. The lowest BCUT2D eigenvalue weighted by molar-refractivity contribution is 0.0946. The third-order valence-corrected chi connectivity index (χ3v) is 4.52. The minimum Gasteiger partial charge on any atom is -0.378 e. The highest BCUT2D eigenvalue weighted by Gasteiger charge is 2.15. The maximum absolute atomic E-state index is 12.6. The lowest BCUT2D eigenvalue weighted by Gasteiger charge is -2.28. The average Bonchev–Trinajstić information content (AvgIpc) is 2.72. The Hall–Kier alpha value is -3.06. The van der Waals surface area contributed by atoms with E-state index in [9.17, 15) is 4.79 Å². The maximum atomic E-state index is 12.6. The van der Waals surface area contributed by atoms with Gasteiger partial charge in [-0.2, -0.15) is 0 Å². The molecule has 27 heavy (non-hydrogen) atoms. The van der Waals surface area contributed by atoms with Crippen LogP contribution in [-0.2, 0) is 11.3 Å². The number of morpholine rings is 1. The van der Waals surface area contributed by atoms with E-state index in [1.54, 1.807) is 6.20 Å². The molecular formula is C20H21N5O2. The standard InChI is InChI=1S/C20H21N5O2/c1-14-12-18(25-8-10-27-11-9-25)24-17(23-14)13-22-20(26)19-16-5-3-2-4-15(16)6-7-21-19/h2-7,12H,8-11,13H2,1H3,(H,22,26). The number of fused-ring (bicyclic) bond motifs is 1. The highest BCUT2D eigenvalue weighted by Crippen LogP contribution is 2.17. The second-order valence-corrected chi connectivity index (χ2v) is 6.45. The van der Waals surface area contributed by atoms with E-state index in [1.807, 2.05) is 43.3 Å². The third-order valence-electron chi connectivity index (χ3n) is 4.52. The van der Waals surface area contributed by atoms with Crippen LogP contribution in [0, 0.1) is 6.92 Å². The van der Waals surface area contributed by atoms with E-state index in [-0.39, 0.29) is 12.5 Å². The van der Waals surface area contributed by atoms with Crippen LogP contribution in [0.3, 0.4) is 0 Å². The summed E-state index contributed by atoms with van der Waals surface area (Å²) in [5, 5.41) is 4.71. The summed E-state index contributed by atoms with van der Waals surface area (Å²) in [7, 11) is 0. The first-order valence-electron chi connectivity index (χ1n) is 9.00. The van der Waals surface area contributed by atoms with Crippen LogP contribution in [0.1, 0.15) is 22.0 Å². The lowest BCUT2D eigenvalue weighted by Crippen LogP contribution is -2.37. The van der Waals surface area contributed by atoms with Crippen LogP contribution in [0.2, 0.25) is 0 Å². The lowest BCUT2D eigenvalue weighted by atomic mass is 10.1. The Bertz CT molecular complexity index is 964. The molecule has 7 nitrogen and oxygen atoms in total. The molecule has 0 saturated carbocycles. The number of benzene rings is 1. The van der Waals surface area contributed by atoms with E-state index >= 15 is 0 Å². The molecule has 0 aliphatic carbocycles. The highest BCUT2D eigenvalue weighted by molar-refractivity contribution is 6.05. The van der Waals surface area contributed by atoms with Crippen molar-refractivity contribution >= 4 is 22.5 Å². The van der Waals surface area contributed by atoms with Crippen molar-refractivity contribution in [1.29, 1.82) is 0 Å². The van der Waals surface area contributed by atoms with Gasteiger partial charge in [0.15, 0.2) is 0 Å². The van der Waals surface area contributed by atoms with Crippen molar-refractivity contribution in [2.24, 2.45) is 0 Å². The molecule has 2 aromatic heterocycles. The van der Waals surface area contributed by atoms with Gasteiger partial charge in [-0.15, -0.1) is 0 Å². The smallest absolute Gasteiger partial charge is 0.270 e. The topological polar surface area (TPSA) is 80.2 Å². The number of rotatable bonds is 4. The highest BCUT2D eigenvalue weighted by atomic mass is 16.5. The van der Waals surface area contributed by atoms with Crippen molar-refractivity contribution in [2.75, 3.05) is 31.2 Å². The van der Waals surface area contributed by atoms with E-state index in [0.717, 1.165) is 35.4 Å². The molecule has 0 radical (unpaired) electrons. The Morgan fingerprint density at radius 2 is 2.00 bits per heavy atom. The molecule has 1 aliphatic heterocycles. The molecule has 1 aliphatic rings. The Labute approximate surface area is 157 Å². The van der Waals surface area contributed by atoms with E-state index in [1.165, 1.54) is 0 Å². The first kappa shape index (κ1) is 17.4. The number of hydrogen-bond acceptors (Lipinski definition) is 6. The summed E-state index contributed by atoms with van der Waals surface area (Å²) in [5.41, 5.74) is 1.29. The van der Waals surface area contributed by atoms with Crippen LogP contribution in [0.5, 0.6) is 0 Å². The third kappa shape index (κ3) is 3.88. The number of carbonyl (C=O) groups excluding carboxylic acids is 1. The number of aryl methyl sites for hydroxylation is 1. The SMILES string of the molecule is Cc1cc(N2CCOCC2)nc(CNC(=O)c2nccc3ccccc23)n1. The van der Waals surface area contributed by atoms with E-state index < -0.39 is 0 Å². The molecule has 138 valence electrons. The van der Waals surface area contributed by atoms with Crippen molar-refractivity contribution in [1.82, 2.24) is 20.3 Å². The molecule has 7 heteroatoms. The van der Waals surface area contributed by atoms with Crippen molar-refractivity contribution < 1.29 is 9.53 Å². The van der Waals surface area contributed by atoms with Crippen molar-refractivity contribution in [3.63, 3.8) is 0 Å². The zero-order valence-corrected chi connectivity index (χ0v) is 15.2. The molecule has 0 unspecified atom stereocenters. The molecule has 1 amide bonds. The monoisotopic (exact) mass is 363 g/mol. The van der Waals surface area contributed by atoms with Gasteiger partial charge in [-0.05, 0) is 18.4 Å². The molecule has 1 N–H and O–H groups in total. The van der Waals surface area contributed by atoms with Crippen LogP contribution >= 0.6 is 0 Å². The molecule has 3 heterocycles. The van der Waals surface area contributed by atoms with Crippen molar-refractivity contribution in [3.8, 4) is 0 Å². The van der Waals surface area contributed by atoms with E-state index in [4.69, 9.17) is 4.74 Å². The first-order chi connectivity index (χ1) is 13.2. The molecule has 0 spiro atoms. The first-order valence-corrected chi connectivity index (χ1v) is 9.00. The molecule has 1 fully saturated rings. The van der Waals surface area contributed by atoms with Crippen LogP contribution < -0.4 is 10.2 Å². The number of amides is 1. The van der Waals surface area contributed by atoms with Gasteiger partial charge >= 0.3 is 0 Å². The summed E-state index contributed by atoms with van der Waals surface area (Å²) < 4.78 is 5.40. The Kier molecular flexibility index (Phi) is 4.93. The predicted molar refractivity (Wildman–Crippen MR) is 103 cm³/mol. The number of aromatic nitrogens is 3. The largest absolute Gasteiger partial charge is 0.378 e. The zero-order valence-electron chi connectivity index (χ0n) is 15.2. The number of carbonyl (C=O) groups is 1. The molecule has 0 atom stereocenters. The van der Waals surface area contributed by atoms with Gasteiger partial charge in [0.1, 0.15) is 17.3 Å². The summed E-state index contributed by atoms with van der Waals surface area (Å²) in [6.45, 7) is 5.19. The number of nitrogens with one attached hydrogen (secondary N) is 1. The van der Waals surface area contributed by atoms with E-state index in [2.05, 4.69) is 25.2 Å². The normalized spacial score (nSPS) is 14.3. The van der Waals surface area contributed by atoms with Gasteiger partial charge in [0.05, 0.1) is 19.8 Å². The van der Waals surface area contributed by atoms with Gasteiger partial charge < -0.3 is 15.0 Å². The fourth-order valence-electron chi connectivity index (χ4n) is 3.19. The van der Waals surface area contributed by atoms with Crippen molar-refractivity contribution in [2.45, 2.75) is 13.5 Å². The molecular weight excluding hydrogens is 342 g/mol. The van der Waals surface area contributed by atoms with Gasteiger partial charge in [-0.1, -0.05) is 24.3 Å². The molecule has 1 saturated heterocycles. The second kappa shape index (κ2) is 7.67. The number of anilines is 1. The second-order valence-electron chi connectivity index (χ2n) is 6.45. The number of ether oxygens (including phenoxy) is 1. The molecule has 4 rings (SSSR count). The van der Waals surface area contributed by atoms with Crippen LogP contribution in [0.25, 0.3) is 10.8 Å². The molecule has 3 aromatic rings. The fourth-order valence-corrected chi connectivity index (χ4v) is 3.19. The minimum absolute atomic E-state index is 0.232. The van der Waals surface area contributed by atoms with Gasteiger partial charge in [-0.3, -0.25) is 9.78 Å². The molecule has 0 bridgehead atoms. The van der Waals surface area contributed by atoms with Crippen molar-refractivity contribution in [3.05, 3.63) is 59.8 Å². The maximum Gasteiger partial charge on any atom is 0.270 e. The van der Waals surface area contributed by atoms with Gasteiger partial charge in [0, 0.05) is 36.4 Å². The Morgan fingerprint density at radius 1 is 1.19 bits per heavy atom.